The topological polar surface area (TPSA) is 35.2 Å². The first-order valence-corrected chi connectivity index (χ1v) is 4.62. The lowest BCUT2D eigenvalue weighted by molar-refractivity contribution is -0.138. The fourth-order valence-electron chi connectivity index (χ4n) is 0.993. The molecule has 16 heavy (non-hydrogen) atoms. The van der Waals surface area contributed by atoms with Crippen molar-refractivity contribution >= 4 is 21.6 Å². The van der Waals surface area contributed by atoms with E-state index in [9.17, 15) is 22.0 Å². The van der Waals surface area contributed by atoms with Crippen molar-refractivity contribution < 1.29 is 26.7 Å². The summed E-state index contributed by atoms with van der Waals surface area (Å²) in [6, 6.07) is 1.35. The molecule has 0 amide bonds. The highest BCUT2D eigenvalue weighted by molar-refractivity contribution is 9.10. The van der Waals surface area contributed by atoms with E-state index in [1.54, 1.807) is 0 Å². The molecule has 0 aliphatic heterocycles. The fraction of sp³-hybridized carbons (Fsp3) is 0.250. The molecule has 0 radical (unpaired) electrons. The van der Waals surface area contributed by atoms with Crippen LogP contribution in [0.4, 0.5) is 27.6 Å². The first-order valence-electron chi connectivity index (χ1n) is 3.83. The molecule has 0 bridgehead atoms. The van der Waals surface area contributed by atoms with Crippen molar-refractivity contribution in [3.05, 3.63) is 22.2 Å². The molecule has 0 fully saturated rings. The number of rotatable bonds is 2. The van der Waals surface area contributed by atoms with Gasteiger partial charge < -0.3 is 10.5 Å². The van der Waals surface area contributed by atoms with Crippen LogP contribution in [0.1, 0.15) is 5.56 Å². The molecule has 8 heteroatoms. The Balaban J connectivity index is 3.19. The van der Waals surface area contributed by atoms with Crippen molar-refractivity contribution in [1.29, 1.82) is 0 Å². The van der Waals surface area contributed by atoms with Crippen LogP contribution in [0.5, 0.6) is 5.75 Å². The van der Waals surface area contributed by atoms with Crippen LogP contribution in [0.25, 0.3) is 0 Å². The predicted molar refractivity (Wildman–Crippen MR) is 50.2 cm³/mol. The van der Waals surface area contributed by atoms with Gasteiger partial charge in [0.25, 0.3) is 0 Å². The molecule has 0 aliphatic carbocycles. The number of benzene rings is 1. The van der Waals surface area contributed by atoms with Gasteiger partial charge in [0, 0.05) is 0 Å². The van der Waals surface area contributed by atoms with Crippen molar-refractivity contribution in [2.45, 2.75) is 12.8 Å². The smallest absolute Gasteiger partial charge is 0.417 e. The lowest BCUT2D eigenvalue weighted by atomic mass is 10.2. The number of nitrogens with two attached hydrogens (primary N) is 1. The third-order valence-corrected chi connectivity index (χ3v) is 2.52. The first kappa shape index (κ1) is 13.0. The number of hydrogen-bond acceptors (Lipinski definition) is 2. The van der Waals surface area contributed by atoms with E-state index in [1.165, 1.54) is 0 Å². The zero-order valence-electron chi connectivity index (χ0n) is 7.49. The number of hydrogen-bond donors (Lipinski definition) is 1. The maximum absolute atomic E-state index is 12.3. The maximum atomic E-state index is 12.3. The average Bonchev–Trinajstić information content (AvgIpc) is 2.10. The summed E-state index contributed by atoms with van der Waals surface area (Å²) >= 11 is 2.59. The molecule has 2 N–H and O–H groups in total. The number of alkyl halides is 5. The van der Waals surface area contributed by atoms with Crippen LogP contribution in [0.3, 0.4) is 0 Å². The zero-order valence-corrected chi connectivity index (χ0v) is 9.07. The predicted octanol–water partition coefficient (Wildman–Crippen LogP) is 3.65. The van der Waals surface area contributed by atoms with E-state index in [-0.39, 0.29) is 0 Å². The molecule has 0 atom stereocenters. The number of nitrogen functional groups attached to an aromatic ring is 1. The Bertz CT molecular complexity index is 393. The molecule has 0 aromatic heterocycles. The van der Waals surface area contributed by atoms with Gasteiger partial charge in [-0.25, -0.2) is 0 Å². The van der Waals surface area contributed by atoms with Gasteiger partial charge in [0.15, 0.2) is 0 Å². The van der Waals surface area contributed by atoms with Crippen LogP contribution in [-0.2, 0) is 6.18 Å². The summed E-state index contributed by atoms with van der Waals surface area (Å²) in [5.41, 5.74) is 3.66. The second-order valence-electron chi connectivity index (χ2n) is 2.72. The molecule has 0 unspecified atom stereocenters. The summed E-state index contributed by atoms with van der Waals surface area (Å²) in [6.07, 6.45) is -4.61. The second-order valence-corrected chi connectivity index (χ2v) is 3.51. The van der Waals surface area contributed by atoms with E-state index in [0.717, 1.165) is 6.07 Å². The minimum Gasteiger partial charge on any atom is -0.433 e. The molecule has 0 aliphatic rings. The Hall–Kier alpha value is -1.05. The van der Waals surface area contributed by atoms with Gasteiger partial charge in [-0.05, 0) is 28.1 Å². The molecule has 0 saturated heterocycles. The fourth-order valence-corrected chi connectivity index (χ4v) is 1.55. The minimum atomic E-state index is -4.61. The maximum Gasteiger partial charge on any atom is 0.417 e. The largest absolute Gasteiger partial charge is 0.433 e. The number of anilines is 1. The van der Waals surface area contributed by atoms with Crippen LogP contribution in [0, 0.1) is 0 Å². The van der Waals surface area contributed by atoms with Crippen LogP contribution in [0.2, 0.25) is 0 Å². The van der Waals surface area contributed by atoms with Crippen molar-refractivity contribution in [3.63, 3.8) is 0 Å². The minimum absolute atomic E-state index is 0.505. The van der Waals surface area contributed by atoms with Gasteiger partial charge in [-0.3, -0.25) is 0 Å². The molecule has 0 heterocycles. The van der Waals surface area contributed by atoms with Crippen molar-refractivity contribution in [3.8, 4) is 5.75 Å². The summed E-state index contributed by atoms with van der Waals surface area (Å²) in [7, 11) is 0. The normalized spacial score (nSPS) is 11.9. The summed E-state index contributed by atoms with van der Waals surface area (Å²) in [6.45, 7) is -3.15. The number of ether oxygens (including phenoxy) is 1. The third-order valence-electron chi connectivity index (χ3n) is 1.66. The highest BCUT2D eigenvalue weighted by Crippen LogP contribution is 2.41. The van der Waals surface area contributed by atoms with E-state index < -0.39 is 34.3 Å². The molecule has 0 spiro atoms. The lowest BCUT2D eigenvalue weighted by Crippen LogP contribution is -2.10. The van der Waals surface area contributed by atoms with Gasteiger partial charge in [-0.2, -0.15) is 22.0 Å². The van der Waals surface area contributed by atoms with Crippen LogP contribution in [0.15, 0.2) is 16.6 Å². The van der Waals surface area contributed by atoms with Gasteiger partial charge in [0.2, 0.25) is 0 Å². The van der Waals surface area contributed by atoms with Crippen LogP contribution < -0.4 is 10.5 Å². The monoisotopic (exact) mass is 305 g/mol. The molecule has 90 valence electrons. The lowest BCUT2D eigenvalue weighted by Gasteiger charge is -2.14. The van der Waals surface area contributed by atoms with Crippen LogP contribution in [-0.4, -0.2) is 6.61 Å². The quantitative estimate of drug-likeness (QED) is 0.668. The van der Waals surface area contributed by atoms with Gasteiger partial charge in [0.05, 0.1) is 15.7 Å². The van der Waals surface area contributed by atoms with E-state index in [0.29, 0.717) is 6.07 Å². The van der Waals surface area contributed by atoms with Gasteiger partial charge in [0.1, 0.15) is 5.75 Å². The molecule has 1 rings (SSSR count). The van der Waals surface area contributed by atoms with Gasteiger partial charge in [-0.1, -0.05) is 0 Å². The SMILES string of the molecule is Nc1c(OC(F)F)ccc(C(F)(F)F)c1Br. The second kappa shape index (κ2) is 4.44. The molecular formula is C8H5BrF5NO. The molecule has 2 nitrogen and oxygen atoms in total. The zero-order chi connectivity index (χ0) is 12.5. The van der Waals surface area contributed by atoms with E-state index in [4.69, 9.17) is 5.73 Å². The molecule has 1 aromatic carbocycles. The first-order chi connectivity index (χ1) is 7.23. The summed E-state index contributed by atoms with van der Waals surface area (Å²) in [5, 5.41) is 0. The van der Waals surface area contributed by atoms with Gasteiger partial charge in [-0.15, -0.1) is 0 Å². The Labute approximate surface area is 95.3 Å². The Morgan fingerprint density at radius 1 is 1.25 bits per heavy atom. The van der Waals surface area contributed by atoms with Crippen LogP contribution >= 0.6 is 15.9 Å². The third kappa shape index (κ3) is 2.75. The van der Waals surface area contributed by atoms with Crippen molar-refractivity contribution in [1.82, 2.24) is 0 Å². The standard InChI is InChI=1S/C8H5BrF5NO/c9-5-3(8(12,13)14)1-2-4(6(5)15)16-7(10)11/h1-2,7H,15H2. The summed E-state index contributed by atoms with van der Waals surface area (Å²) in [4.78, 5) is 0. The molecule has 0 saturated carbocycles. The highest BCUT2D eigenvalue weighted by Gasteiger charge is 2.34. The summed E-state index contributed by atoms with van der Waals surface area (Å²) < 4.78 is 64.2. The average molecular weight is 306 g/mol. The number of halogens is 6. The van der Waals surface area contributed by atoms with Crippen molar-refractivity contribution in [2.75, 3.05) is 5.73 Å². The van der Waals surface area contributed by atoms with E-state index in [2.05, 4.69) is 20.7 Å². The Morgan fingerprint density at radius 2 is 1.81 bits per heavy atom. The van der Waals surface area contributed by atoms with Gasteiger partial charge >= 0.3 is 12.8 Å². The Kier molecular flexibility index (Phi) is 3.61. The summed E-state index contributed by atoms with van der Waals surface area (Å²) in [5.74, 6) is -0.505. The Morgan fingerprint density at radius 3 is 2.25 bits per heavy atom. The molecule has 1 aromatic rings. The highest BCUT2D eigenvalue weighted by atomic mass is 79.9. The van der Waals surface area contributed by atoms with E-state index in [1.807, 2.05) is 0 Å². The van der Waals surface area contributed by atoms with Crippen molar-refractivity contribution in [2.24, 2.45) is 0 Å². The molecular weight excluding hydrogens is 301 g/mol. The van der Waals surface area contributed by atoms with E-state index >= 15 is 0 Å².